The van der Waals surface area contributed by atoms with Gasteiger partial charge in [-0.05, 0) is 114 Å². The summed E-state index contributed by atoms with van der Waals surface area (Å²) in [6.07, 6.45) is 0. The molecule has 0 atom stereocenters. The van der Waals surface area contributed by atoms with Crippen LogP contribution in [0.25, 0.3) is 0 Å². The summed E-state index contributed by atoms with van der Waals surface area (Å²) in [4.78, 5) is 3.70. The molecule has 0 aliphatic heterocycles. The summed E-state index contributed by atoms with van der Waals surface area (Å²) in [6.45, 7) is 12.4. The first-order valence-electron chi connectivity index (χ1n) is 11.8. The Bertz CT molecular complexity index is 1230. The van der Waals surface area contributed by atoms with Crippen molar-refractivity contribution in [3.63, 3.8) is 0 Å². The Balaban J connectivity index is 0.000000580. The second-order valence-corrected chi connectivity index (χ2v) is 13.7. The third kappa shape index (κ3) is 10.7. The van der Waals surface area contributed by atoms with Gasteiger partial charge >= 0.3 is 15.6 Å². The summed E-state index contributed by atoms with van der Waals surface area (Å²) < 4.78 is 74.9. The highest BCUT2D eigenvalue weighted by atomic mass is 32.2. The summed E-state index contributed by atoms with van der Waals surface area (Å²) in [7, 11) is -4.40. The highest BCUT2D eigenvalue weighted by molar-refractivity contribution is 7.97. The lowest BCUT2D eigenvalue weighted by molar-refractivity contribution is -0.0510. The fourth-order valence-electron chi connectivity index (χ4n) is 3.11. The van der Waals surface area contributed by atoms with Crippen molar-refractivity contribution in [1.29, 1.82) is 0 Å². The topological polar surface area (TPSA) is 82.1 Å². The maximum Gasteiger partial charge on any atom is 0.522 e. The van der Waals surface area contributed by atoms with Gasteiger partial charge in [-0.1, -0.05) is 0 Å². The first-order valence-corrected chi connectivity index (χ1v) is 14.5. The molecule has 6 nitrogen and oxygen atoms in total. The zero-order valence-electron chi connectivity index (χ0n) is 22.9. The lowest BCUT2D eigenvalue weighted by Crippen LogP contribution is -2.23. The molecule has 3 aromatic rings. The minimum Gasteiger partial charge on any atom is -0.497 e. The van der Waals surface area contributed by atoms with E-state index in [0.717, 1.165) is 17.2 Å². The van der Waals surface area contributed by atoms with E-state index in [1.165, 1.54) is 14.7 Å². The van der Waals surface area contributed by atoms with Crippen molar-refractivity contribution in [2.75, 3.05) is 7.11 Å². The van der Waals surface area contributed by atoms with Gasteiger partial charge in [0.05, 0.1) is 18.0 Å². The number of ether oxygens (including phenoxy) is 3. The van der Waals surface area contributed by atoms with Crippen LogP contribution in [0.4, 0.5) is 13.2 Å². The van der Waals surface area contributed by atoms with Crippen molar-refractivity contribution in [3.8, 4) is 17.2 Å². The molecule has 0 bridgehead atoms. The molecule has 3 aromatic carbocycles. The molecule has 214 valence electrons. The Morgan fingerprint density at radius 3 is 1.08 bits per heavy atom. The molecular weight excluding hydrogens is 553 g/mol. The lowest BCUT2D eigenvalue weighted by Gasteiger charge is -2.21. The van der Waals surface area contributed by atoms with Gasteiger partial charge in [-0.3, -0.25) is 4.55 Å². The van der Waals surface area contributed by atoms with Gasteiger partial charge in [-0.25, -0.2) is 0 Å². The van der Waals surface area contributed by atoms with Gasteiger partial charge in [0.1, 0.15) is 28.5 Å². The SMILES string of the molecule is COc1ccc([S+](c2ccc(OC(C)(C)C)cc2)c2ccc(OC(C)(C)C)cc2)cc1.O=S(=O)(O)C(F)(F)F. The summed E-state index contributed by atoms with van der Waals surface area (Å²) in [6, 6.07) is 25.2. The van der Waals surface area contributed by atoms with Crippen molar-refractivity contribution in [1.82, 2.24) is 0 Å². The molecule has 0 radical (unpaired) electrons. The molecular formula is C28H34F3O6S2+. The zero-order valence-corrected chi connectivity index (χ0v) is 24.5. The van der Waals surface area contributed by atoms with Gasteiger partial charge in [0.25, 0.3) is 0 Å². The predicted octanol–water partition coefficient (Wildman–Crippen LogP) is 7.54. The van der Waals surface area contributed by atoms with Crippen LogP contribution in [0, 0.1) is 0 Å². The molecule has 3 rings (SSSR count). The second-order valence-electron chi connectivity index (χ2n) is 10.3. The average molecular weight is 588 g/mol. The van der Waals surface area contributed by atoms with E-state index in [4.69, 9.17) is 27.2 Å². The van der Waals surface area contributed by atoms with Gasteiger partial charge in [0.15, 0.2) is 14.7 Å². The van der Waals surface area contributed by atoms with Crippen LogP contribution in [0.15, 0.2) is 87.5 Å². The van der Waals surface area contributed by atoms with Gasteiger partial charge in [-0.2, -0.15) is 21.6 Å². The second kappa shape index (κ2) is 12.5. The van der Waals surface area contributed by atoms with Crippen LogP contribution in [-0.4, -0.2) is 36.8 Å². The van der Waals surface area contributed by atoms with E-state index in [1.54, 1.807) is 7.11 Å². The van der Waals surface area contributed by atoms with E-state index in [1.807, 2.05) is 12.1 Å². The highest BCUT2D eigenvalue weighted by Gasteiger charge is 2.44. The fourth-order valence-corrected chi connectivity index (χ4v) is 5.16. The Morgan fingerprint density at radius 2 is 0.872 bits per heavy atom. The normalized spacial score (nSPS) is 12.4. The van der Waals surface area contributed by atoms with Crippen molar-refractivity contribution in [3.05, 3.63) is 72.8 Å². The number of halogens is 3. The Hall–Kier alpha value is -2.89. The summed E-state index contributed by atoms with van der Waals surface area (Å²) >= 11 is 0. The fraction of sp³-hybridized carbons (Fsp3) is 0.357. The third-order valence-corrected chi connectivity index (χ3v) is 7.37. The van der Waals surface area contributed by atoms with Crippen LogP contribution >= 0.6 is 0 Å². The number of rotatable bonds is 6. The predicted molar refractivity (Wildman–Crippen MR) is 146 cm³/mol. The number of hydrogen-bond donors (Lipinski definition) is 1. The van der Waals surface area contributed by atoms with Gasteiger partial charge in [-0.15, -0.1) is 0 Å². The van der Waals surface area contributed by atoms with Gasteiger partial charge < -0.3 is 14.2 Å². The highest BCUT2D eigenvalue weighted by Crippen LogP contribution is 2.34. The summed E-state index contributed by atoms with van der Waals surface area (Å²) in [5.41, 5.74) is -5.98. The molecule has 0 aromatic heterocycles. The first kappa shape index (κ1) is 32.3. The van der Waals surface area contributed by atoms with Crippen LogP contribution in [0.1, 0.15) is 41.5 Å². The van der Waals surface area contributed by atoms with Crippen molar-refractivity contribution >= 4 is 21.0 Å². The largest absolute Gasteiger partial charge is 0.522 e. The molecule has 0 aliphatic carbocycles. The number of benzene rings is 3. The van der Waals surface area contributed by atoms with Gasteiger partial charge in [0.2, 0.25) is 0 Å². The minimum atomic E-state index is -5.84. The maximum atomic E-state index is 10.7. The monoisotopic (exact) mass is 587 g/mol. The molecule has 11 heteroatoms. The molecule has 0 saturated carbocycles. The molecule has 39 heavy (non-hydrogen) atoms. The lowest BCUT2D eigenvalue weighted by atomic mass is 10.2. The van der Waals surface area contributed by atoms with E-state index >= 15 is 0 Å². The van der Waals surface area contributed by atoms with E-state index in [0.29, 0.717) is 0 Å². The van der Waals surface area contributed by atoms with Crippen LogP contribution in [0.3, 0.4) is 0 Å². The minimum absolute atomic E-state index is 0.220. The molecule has 0 heterocycles. The molecule has 0 unspecified atom stereocenters. The quantitative estimate of drug-likeness (QED) is 0.182. The molecule has 0 saturated heterocycles. The van der Waals surface area contributed by atoms with Crippen LogP contribution in [0.5, 0.6) is 17.2 Å². The van der Waals surface area contributed by atoms with Crippen LogP contribution in [0.2, 0.25) is 0 Å². The maximum absolute atomic E-state index is 10.7. The van der Waals surface area contributed by atoms with Crippen molar-refractivity contribution < 1.29 is 40.4 Å². The number of alkyl halides is 3. The van der Waals surface area contributed by atoms with E-state index in [-0.39, 0.29) is 22.1 Å². The van der Waals surface area contributed by atoms with Crippen LogP contribution < -0.4 is 14.2 Å². The Morgan fingerprint density at radius 1 is 0.615 bits per heavy atom. The number of methoxy groups -OCH3 is 1. The zero-order chi connectivity index (χ0) is 29.6. The van der Waals surface area contributed by atoms with Crippen molar-refractivity contribution in [2.45, 2.75) is 72.9 Å². The standard InChI is InChI=1S/C27H33O3S.CHF3O3S/c1-26(2,3)29-21-10-16-24(17-11-21)31(23-14-8-20(28-7)9-15-23)25-18-12-22(13-19-25)30-27(4,5)6;2-1(3,4)8(5,6)7/h8-19H,1-7H3;(H,5,6,7)/q+1;. The Labute approximate surface area is 231 Å². The summed E-state index contributed by atoms with van der Waals surface area (Å²) in [5, 5.41) is 0. The third-order valence-electron chi connectivity index (χ3n) is 4.55. The van der Waals surface area contributed by atoms with Crippen LogP contribution in [-0.2, 0) is 21.0 Å². The molecule has 0 spiro atoms. The molecule has 0 amide bonds. The van der Waals surface area contributed by atoms with E-state index < -0.39 is 15.6 Å². The Kier molecular flexibility index (Phi) is 10.4. The average Bonchev–Trinajstić information content (AvgIpc) is 2.79. The molecule has 0 aliphatic rings. The van der Waals surface area contributed by atoms with E-state index in [2.05, 4.69) is 102 Å². The smallest absolute Gasteiger partial charge is 0.497 e. The molecule has 1 N–H and O–H groups in total. The van der Waals surface area contributed by atoms with Gasteiger partial charge in [0, 0.05) is 0 Å². The number of hydrogen-bond acceptors (Lipinski definition) is 5. The first-order chi connectivity index (χ1) is 17.8. The van der Waals surface area contributed by atoms with E-state index in [9.17, 15) is 13.2 Å². The molecule has 0 fully saturated rings. The van der Waals surface area contributed by atoms with Crippen molar-refractivity contribution in [2.24, 2.45) is 0 Å². The summed E-state index contributed by atoms with van der Waals surface area (Å²) in [5.74, 6) is 2.61.